The standard InChI is InChI=1S/C45H28N2O/c1-2-13-30(14-3-1)44-46-40(32-23-22-29-12-4-5-15-31(29)26-32)28-41(47-44)33-24-25-39-43(27-33)48-42-21-11-10-20-38(42)45(39)36-18-8-6-16-34(36)35-17-7-9-19-37(35)45/h1-28H. The number of nitrogens with zero attached hydrogens (tertiary/aromatic N) is 2. The van der Waals surface area contributed by atoms with Crippen molar-refractivity contribution in [2.24, 2.45) is 0 Å². The molecule has 3 heteroatoms. The van der Waals surface area contributed by atoms with Gasteiger partial charge in [-0.25, -0.2) is 9.97 Å². The average Bonchev–Trinajstić information content (AvgIpc) is 3.45. The van der Waals surface area contributed by atoms with Crippen molar-refractivity contribution in [3.63, 3.8) is 0 Å². The Morgan fingerprint density at radius 1 is 0.375 bits per heavy atom. The van der Waals surface area contributed by atoms with Crippen molar-refractivity contribution in [2.75, 3.05) is 0 Å². The van der Waals surface area contributed by atoms with E-state index in [4.69, 9.17) is 14.7 Å². The largest absolute Gasteiger partial charge is 0.457 e. The van der Waals surface area contributed by atoms with Gasteiger partial charge in [0.25, 0.3) is 0 Å². The van der Waals surface area contributed by atoms with Gasteiger partial charge in [-0.2, -0.15) is 0 Å². The van der Waals surface area contributed by atoms with Crippen LogP contribution in [0.1, 0.15) is 22.3 Å². The van der Waals surface area contributed by atoms with Gasteiger partial charge in [0.05, 0.1) is 16.8 Å². The summed E-state index contributed by atoms with van der Waals surface area (Å²) in [6.45, 7) is 0. The van der Waals surface area contributed by atoms with Crippen molar-refractivity contribution in [3.05, 3.63) is 192 Å². The van der Waals surface area contributed by atoms with Crippen molar-refractivity contribution in [2.45, 2.75) is 5.41 Å². The van der Waals surface area contributed by atoms with Gasteiger partial charge in [-0.1, -0.05) is 146 Å². The summed E-state index contributed by atoms with van der Waals surface area (Å²) < 4.78 is 6.79. The first-order valence-electron chi connectivity index (χ1n) is 16.3. The number of hydrogen-bond donors (Lipinski definition) is 0. The molecule has 1 aromatic heterocycles. The number of fused-ring (bicyclic) bond motifs is 10. The van der Waals surface area contributed by atoms with Crippen molar-refractivity contribution in [3.8, 4) is 56.5 Å². The fourth-order valence-corrected chi connectivity index (χ4v) is 7.83. The molecule has 0 unspecified atom stereocenters. The van der Waals surface area contributed by atoms with Gasteiger partial charge in [0.15, 0.2) is 5.82 Å². The van der Waals surface area contributed by atoms with Crippen LogP contribution < -0.4 is 4.74 Å². The van der Waals surface area contributed by atoms with E-state index in [0.29, 0.717) is 5.82 Å². The zero-order valence-corrected chi connectivity index (χ0v) is 26.0. The molecule has 0 atom stereocenters. The van der Waals surface area contributed by atoms with E-state index >= 15 is 0 Å². The molecular weight excluding hydrogens is 585 g/mol. The maximum atomic E-state index is 6.79. The normalized spacial score (nSPS) is 13.3. The molecule has 0 saturated carbocycles. The SMILES string of the molecule is c1ccc(-c2nc(-c3ccc4c(c3)Oc3ccccc3C43c4ccccc4-c4ccccc43)cc(-c3ccc4ccccc4c3)n2)cc1. The minimum absolute atomic E-state index is 0.493. The Balaban J connectivity index is 1.19. The highest BCUT2D eigenvalue weighted by Gasteiger charge is 2.50. The lowest BCUT2D eigenvalue weighted by molar-refractivity contribution is 0.436. The summed E-state index contributed by atoms with van der Waals surface area (Å²) in [5.41, 5.74) is 11.6. The molecule has 224 valence electrons. The minimum Gasteiger partial charge on any atom is -0.457 e. The first-order chi connectivity index (χ1) is 23.8. The van der Waals surface area contributed by atoms with Crippen LogP contribution in [0.15, 0.2) is 170 Å². The van der Waals surface area contributed by atoms with Gasteiger partial charge in [0, 0.05) is 27.8 Å². The number of ether oxygens (including phenoxy) is 1. The van der Waals surface area contributed by atoms with Gasteiger partial charge in [0.1, 0.15) is 11.5 Å². The Kier molecular flexibility index (Phi) is 5.79. The maximum absolute atomic E-state index is 6.79. The molecule has 0 fully saturated rings. The predicted molar refractivity (Wildman–Crippen MR) is 193 cm³/mol. The second-order valence-electron chi connectivity index (χ2n) is 12.5. The molecule has 0 saturated heterocycles. The molecule has 0 bridgehead atoms. The Morgan fingerprint density at radius 3 is 1.69 bits per heavy atom. The van der Waals surface area contributed by atoms with Crippen LogP contribution in [-0.4, -0.2) is 9.97 Å². The lowest BCUT2D eigenvalue weighted by Crippen LogP contribution is -2.32. The Morgan fingerprint density at radius 2 is 0.938 bits per heavy atom. The number of rotatable bonds is 3. The third-order valence-corrected chi connectivity index (χ3v) is 9.95. The topological polar surface area (TPSA) is 35.0 Å². The number of aromatic nitrogens is 2. The molecule has 1 aliphatic carbocycles. The summed E-state index contributed by atoms with van der Waals surface area (Å²) in [4.78, 5) is 10.2. The van der Waals surface area contributed by atoms with E-state index in [1.54, 1.807) is 0 Å². The molecular formula is C45H28N2O. The summed E-state index contributed by atoms with van der Waals surface area (Å²) in [7, 11) is 0. The van der Waals surface area contributed by atoms with E-state index in [-0.39, 0.29) is 0 Å². The van der Waals surface area contributed by atoms with Crippen molar-refractivity contribution >= 4 is 10.8 Å². The molecule has 1 spiro atoms. The van der Waals surface area contributed by atoms with Crippen LogP contribution in [0.2, 0.25) is 0 Å². The van der Waals surface area contributed by atoms with Crippen LogP contribution in [0.25, 0.3) is 55.8 Å². The molecule has 8 aromatic rings. The van der Waals surface area contributed by atoms with Crippen LogP contribution in [0.4, 0.5) is 0 Å². The monoisotopic (exact) mass is 612 g/mol. The Labute approximate surface area is 278 Å². The van der Waals surface area contributed by atoms with Crippen LogP contribution in [0.5, 0.6) is 11.5 Å². The predicted octanol–water partition coefficient (Wildman–Crippen LogP) is 11.1. The van der Waals surface area contributed by atoms with Crippen LogP contribution in [0.3, 0.4) is 0 Å². The molecule has 7 aromatic carbocycles. The highest BCUT2D eigenvalue weighted by molar-refractivity contribution is 5.90. The third kappa shape index (κ3) is 3.88. The van der Waals surface area contributed by atoms with Crippen molar-refractivity contribution in [1.29, 1.82) is 0 Å². The quantitative estimate of drug-likeness (QED) is 0.199. The van der Waals surface area contributed by atoms with E-state index in [1.807, 2.05) is 18.2 Å². The molecule has 3 nitrogen and oxygen atoms in total. The average molecular weight is 613 g/mol. The highest BCUT2D eigenvalue weighted by Crippen LogP contribution is 2.62. The number of para-hydroxylation sites is 1. The molecule has 0 radical (unpaired) electrons. The van der Waals surface area contributed by atoms with Crippen molar-refractivity contribution < 1.29 is 4.74 Å². The highest BCUT2D eigenvalue weighted by atomic mass is 16.5. The van der Waals surface area contributed by atoms with E-state index in [9.17, 15) is 0 Å². The molecule has 48 heavy (non-hydrogen) atoms. The lowest BCUT2D eigenvalue weighted by atomic mass is 9.66. The van der Waals surface area contributed by atoms with Crippen LogP contribution in [-0.2, 0) is 5.41 Å². The van der Waals surface area contributed by atoms with Gasteiger partial charge in [-0.05, 0) is 57.3 Å². The summed E-state index contributed by atoms with van der Waals surface area (Å²) in [6, 6.07) is 60.0. The van der Waals surface area contributed by atoms with E-state index in [0.717, 1.165) is 50.7 Å². The fourth-order valence-electron chi connectivity index (χ4n) is 7.83. The van der Waals surface area contributed by atoms with Crippen LogP contribution >= 0.6 is 0 Å². The van der Waals surface area contributed by atoms with Gasteiger partial charge in [-0.15, -0.1) is 0 Å². The second kappa shape index (κ2) is 10.3. The van der Waals surface area contributed by atoms with Gasteiger partial charge in [-0.3, -0.25) is 0 Å². The molecule has 10 rings (SSSR count). The smallest absolute Gasteiger partial charge is 0.160 e. The first-order valence-corrected chi connectivity index (χ1v) is 16.3. The van der Waals surface area contributed by atoms with Gasteiger partial charge < -0.3 is 4.74 Å². The Bertz CT molecular complexity index is 2510. The van der Waals surface area contributed by atoms with Gasteiger partial charge >= 0.3 is 0 Å². The first kappa shape index (κ1) is 26.9. The van der Waals surface area contributed by atoms with Gasteiger partial charge in [0.2, 0.25) is 0 Å². The zero-order valence-electron chi connectivity index (χ0n) is 26.0. The molecule has 1 aliphatic heterocycles. The van der Waals surface area contributed by atoms with Crippen molar-refractivity contribution in [1.82, 2.24) is 9.97 Å². The van der Waals surface area contributed by atoms with Crippen LogP contribution in [0, 0.1) is 0 Å². The molecule has 0 amide bonds. The third-order valence-electron chi connectivity index (χ3n) is 9.95. The Hall–Kier alpha value is -6.32. The summed E-state index contributed by atoms with van der Waals surface area (Å²) in [5, 5.41) is 2.38. The number of hydrogen-bond acceptors (Lipinski definition) is 3. The second-order valence-corrected chi connectivity index (χ2v) is 12.5. The molecule has 0 N–H and O–H groups in total. The van der Waals surface area contributed by atoms with E-state index in [1.165, 1.54) is 33.0 Å². The fraction of sp³-hybridized carbons (Fsp3) is 0.0222. The number of benzene rings is 7. The van der Waals surface area contributed by atoms with E-state index < -0.39 is 5.41 Å². The summed E-state index contributed by atoms with van der Waals surface area (Å²) in [6.07, 6.45) is 0. The molecule has 2 aliphatic rings. The lowest BCUT2D eigenvalue weighted by Gasteiger charge is -2.39. The summed E-state index contributed by atoms with van der Waals surface area (Å²) >= 11 is 0. The van der Waals surface area contributed by atoms with E-state index in [2.05, 4.69) is 152 Å². The minimum atomic E-state index is -0.493. The summed E-state index contributed by atoms with van der Waals surface area (Å²) in [5.74, 6) is 2.40. The maximum Gasteiger partial charge on any atom is 0.160 e. The molecule has 2 heterocycles. The zero-order chi connectivity index (χ0) is 31.7.